The smallest absolute Gasteiger partial charge is 0.267 e. The van der Waals surface area contributed by atoms with Gasteiger partial charge in [-0.15, -0.1) is 0 Å². The van der Waals surface area contributed by atoms with E-state index in [1.807, 2.05) is 18.2 Å². The Hall–Kier alpha value is -1.75. The molecule has 0 aliphatic rings. The highest BCUT2D eigenvalue weighted by molar-refractivity contribution is 9.10. The van der Waals surface area contributed by atoms with E-state index in [0.29, 0.717) is 29.4 Å². The molecule has 0 saturated carbocycles. The van der Waals surface area contributed by atoms with Gasteiger partial charge < -0.3 is 0 Å². The van der Waals surface area contributed by atoms with Gasteiger partial charge in [-0.1, -0.05) is 30.3 Å². The first-order valence-corrected chi connectivity index (χ1v) is 6.76. The topological polar surface area (TPSA) is 52.0 Å². The molecule has 0 spiro atoms. The van der Waals surface area contributed by atoms with Crippen molar-refractivity contribution < 1.29 is 4.79 Å². The molecular formula is C14H13BrN2O2. The summed E-state index contributed by atoms with van der Waals surface area (Å²) in [6.45, 7) is 0.490. The second kappa shape index (κ2) is 6.43. The molecule has 5 heteroatoms. The van der Waals surface area contributed by atoms with E-state index >= 15 is 0 Å². The molecule has 1 heterocycles. The van der Waals surface area contributed by atoms with Gasteiger partial charge in [0.05, 0.1) is 6.33 Å². The van der Waals surface area contributed by atoms with Crippen LogP contribution in [0.4, 0.5) is 0 Å². The maximum Gasteiger partial charge on any atom is 0.267 e. The van der Waals surface area contributed by atoms with E-state index in [9.17, 15) is 9.59 Å². The molecule has 98 valence electrons. The number of aromatic nitrogens is 2. The lowest BCUT2D eigenvalue weighted by Gasteiger charge is -2.05. The van der Waals surface area contributed by atoms with Crippen LogP contribution >= 0.6 is 15.9 Å². The molecule has 0 atom stereocenters. The molecule has 0 fully saturated rings. The third-order valence-electron chi connectivity index (χ3n) is 2.76. The highest BCUT2D eigenvalue weighted by atomic mass is 79.9. The van der Waals surface area contributed by atoms with Gasteiger partial charge in [0.15, 0.2) is 5.78 Å². The lowest BCUT2D eigenvalue weighted by Crippen LogP contribution is -2.21. The van der Waals surface area contributed by atoms with E-state index in [0.717, 1.165) is 0 Å². The lowest BCUT2D eigenvalue weighted by molar-refractivity contribution is 0.0978. The Morgan fingerprint density at radius 2 is 2.00 bits per heavy atom. The normalized spacial score (nSPS) is 10.4. The number of Topliss-reactive ketones (excluding diaryl/α,β-unsaturated/α-hetero) is 1. The van der Waals surface area contributed by atoms with Crippen LogP contribution in [0, 0.1) is 0 Å². The van der Waals surface area contributed by atoms with Gasteiger partial charge in [0, 0.05) is 24.7 Å². The van der Waals surface area contributed by atoms with Crippen molar-refractivity contribution in [2.75, 3.05) is 0 Å². The summed E-state index contributed by atoms with van der Waals surface area (Å²) in [6.07, 6.45) is 3.99. The summed E-state index contributed by atoms with van der Waals surface area (Å²) in [4.78, 5) is 27.5. The van der Waals surface area contributed by atoms with Crippen molar-refractivity contribution in [1.29, 1.82) is 0 Å². The largest absolute Gasteiger partial charge is 0.298 e. The van der Waals surface area contributed by atoms with Crippen LogP contribution in [0.3, 0.4) is 0 Å². The summed E-state index contributed by atoms with van der Waals surface area (Å²) in [7, 11) is 0. The number of hydrogen-bond donors (Lipinski definition) is 0. The molecular weight excluding hydrogens is 308 g/mol. The predicted octanol–water partition coefficient (Wildman–Crippen LogP) is 2.67. The Balaban J connectivity index is 1.92. The third-order valence-corrected chi connectivity index (χ3v) is 3.30. The standard InChI is InChI=1S/C14H13BrN2O2/c15-12-9-16-10-17(14(12)19)8-4-7-13(18)11-5-2-1-3-6-11/h1-3,5-6,9-10H,4,7-8H2. The van der Waals surface area contributed by atoms with Gasteiger partial charge in [0.1, 0.15) is 4.47 Å². The Labute approximate surface area is 119 Å². The first-order valence-electron chi connectivity index (χ1n) is 5.96. The summed E-state index contributed by atoms with van der Waals surface area (Å²) < 4.78 is 1.94. The number of ketones is 1. The molecule has 1 aromatic heterocycles. The molecule has 0 aliphatic heterocycles. The zero-order chi connectivity index (χ0) is 13.7. The van der Waals surface area contributed by atoms with E-state index < -0.39 is 0 Å². The SMILES string of the molecule is O=C(CCCn1cncc(Br)c1=O)c1ccccc1. The van der Waals surface area contributed by atoms with Gasteiger partial charge in [-0.2, -0.15) is 0 Å². The van der Waals surface area contributed by atoms with E-state index in [2.05, 4.69) is 20.9 Å². The number of nitrogens with zero attached hydrogens (tertiary/aromatic N) is 2. The van der Waals surface area contributed by atoms with Crippen LogP contribution < -0.4 is 5.56 Å². The molecule has 2 aromatic rings. The van der Waals surface area contributed by atoms with Crippen LogP contribution in [0.2, 0.25) is 0 Å². The number of halogens is 1. The number of aryl methyl sites for hydroxylation is 1. The highest BCUT2D eigenvalue weighted by Crippen LogP contribution is 2.06. The van der Waals surface area contributed by atoms with Gasteiger partial charge in [-0.25, -0.2) is 4.98 Å². The second-order valence-corrected chi connectivity index (χ2v) is 4.99. The maximum absolute atomic E-state index is 11.9. The molecule has 1 aromatic carbocycles. The number of carbonyl (C=O) groups is 1. The number of benzene rings is 1. The van der Waals surface area contributed by atoms with Crippen molar-refractivity contribution >= 4 is 21.7 Å². The van der Waals surface area contributed by atoms with Crippen molar-refractivity contribution in [3.8, 4) is 0 Å². The van der Waals surface area contributed by atoms with Crippen LogP contribution in [-0.4, -0.2) is 15.3 Å². The van der Waals surface area contributed by atoms with Gasteiger partial charge >= 0.3 is 0 Å². The average Bonchev–Trinajstić information content (AvgIpc) is 2.44. The fourth-order valence-corrected chi connectivity index (χ4v) is 2.11. The summed E-state index contributed by atoms with van der Waals surface area (Å²) in [6, 6.07) is 9.17. The summed E-state index contributed by atoms with van der Waals surface area (Å²) in [5, 5.41) is 0. The van der Waals surface area contributed by atoms with Crippen molar-refractivity contribution in [3.05, 3.63) is 63.2 Å². The first-order chi connectivity index (χ1) is 9.18. The Kier molecular flexibility index (Phi) is 4.63. The van der Waals surface area contributed by atoms with Crippen LogP contribution in [-0.2, 0) is 6.54 Å². The molecule has 0 N–H and O–H groups in total. The quantitative estimate of drug-likeness (QED) is 0.796. The van der Waals surface area contributed by atoms with Gasteiger partial charge in [0.2, 0.25) is 0 Å². The van der Waals surface area contributed by atoms with Gasteiger partial charge in [0.25, 0.3) is 5.56 Å². The molecule has 2 rings (SSSR count). The van der Waals surface area contributed by atoms with Crippen LogP contribution in [0.5, 0.6) is 0 Å². The Morgan fingerprint density at radius 3 is 2.74 bits per heavy atom. The van der Waals surface area contributed by atoms with Gasteiger partial charge in [-0.05, 0) is 22.4 Å². The molecule has 4 nitrogen and oxygen atoms in total. The monoisotopic (exact) mass is 320 g/mol. The maximum atomic E-state index is 11.9. The highest BCUT2D eigenvalue weighted by Gasteiger charge is 2.06. The zero-order valence-corrected chi connectivity index (χ0v) is 11.8. The Bertz CT molecular complexity index is 623. The number of hydrogen-bond acceptors (Lipinski definition) is 3. The van der Waals surface area contributed by atoms with Crippen LogP contribution in [0.15, 0.2) is 52.1 Å². The van der Waals surface area contributed by atoms with Crippen molar-refractivity contribution in [2.45, 2.75) is 19.4 Å². The molecule has 0 saturated heterocycles. The van der Waals surface area contributed by atoms with E-state index in [4.69, 9.17) is 0 Å². The summed E-state index contributed by atoms with van der Waals surface area (Å²) in [5.41, 5.74) is 0.587. The molecule has 19 heavy (non-hydrogen) atoms. The molecule has 0 radical (unpaired) electrons. The van der Waals surface area contributed by atoms with E-state index in [1.165, 1.54) is 17.1 Å². The Morgan fingerprint density at radius 1 is 1.26 bits per heavy atom. The number of carbonyl (C=O) groups excluding carboxylic acids is 1. The summed E-state index contributed by atoms with van der Waals surface area (Å²) >= 11 is 3.14. The molecule has 0 amide bonds. The predicted molar refractivity (Wildman–Crippen MR) is 76.2 cm³/mol. The van der Waals surface area contributed by atoms with Crippen molar-refractivity contribution in [1.82, 2.24) is 9.55 Å². The van der Waals surface area contributed by atoms with Crippen LogP contribution in [0.1, 0.15) is 23.2 Å². The first kappa shape index (κ1) is 13.7. The minimum atomic E-state index is -0.123. The minimum absolute atomic E-state index is 0.0941. The van der Waals surface area contributed by atoms with Crippen LogP contribution in [0.25, 0.3) is 0 Å². The van der Waals surface area contributed by atoms with Crippen molar-refractivity contribution in [2.24, 2.45) is 0 Å². The fraction of sp³-hybridized carbons (Fsp3) is 0.214. The molecule has 0 unspecified atom stereocenters. The summed E-state index contributed by atoms with van der Waals surface area (Å²) in [5.74, 6) is 0.0941. The average molecular weight is 321 g/mol. The van der Waals surface area contributed by atoms with E-state index in [1.54, 1.807) is 12.1 Å². The molecule has 0 bridgehead atoms. The fourth-order valence-electron chi connectivity index (χ4n) is 1.76. The second-order valence-electron chi connectivity index (χ2n) is 4.13. The minimum Gasteiger partial charge on any atom is -0.298 e. The lowest BCUT2D eigenvalue weighted by atomic mass is 10.1. The number of rotatable bonds is 5. The third kappa shape index (κ3) is 3.61. The van der Waals surface area contributed by atoms with Gasteiger partial charge in [-0.3, -0.25) is 14.2 Å². The molecule has 0 aliphatic carbocycles. The van der Waals surface area contributed by atoms with E-state index in [-0.39, 0.29) is 11.3 Å². The zero-order valence-electron chi connectivity index (χ0n) is 10.3. The van der Waals surface area contributed by atoms with Crippen molar-refractivity contribution in [3.63, 3.8) is 0 Å².